The van der Waals surface area contributed by atoms with Gasteiger partial charge in [0.05, 0.1) is 19.3 Å². The SMILES string of the molecule is COC(=O)CCCOc1ccc(C(=O)O)cc1. The fourth-order valence-corrected chi connectivity index (χ4v) is 1.20. The highest BCUT2D eigenvalue weighted by molar-refractivity contribution is 5.87. The molecular weight excluding hydrogens is 224 g/mol. The molecule has 0 atom stereocenters. The van der Waals surface area contributed by atoms with Crippen LogP contribution in [0.4, 0.5) is 0 Å². The van der Waals surface area contributed by atoms with E-state index >= 15 is 0 Å². The fourth-order valence-electron chi connectivity index (χ4n) is 1.20. The van der Waals surface area contributed by atoms with Crippen LogP contribution < -0.4 is 4.74 Å². The van der Waals surface area contributed by atoms with Gasteiger partial charge in [-0.05, 0) is 30.7 Å². The Morgan fingerprint density at radius 1 is 1.24 bits per heavy atom. The Morgan fingerprint density at radius 3 is 2.41 bits per heavy atom. The van der Waals surface area contributed by atoms with Crippen LogP contribution in [0, 0.1) is 0 Å². The van der Waals surface area contributed by atoms with Crippen LogP contribution in [-0.2, 0) is 9.53 Å². The maximum Gasteiger partial charge on any atom is 0.335 e. The summed E-state index contributed by atoms with van der Waals surface area (Å²) in [5.74, 6) is -0.656. The lowest BCUT2D eigenvalue weighted by Crippen LogP contribution is -2.04. The molecule has 5 nitrogen and oxygen atoms in total. The van der Waals surface area contributed by atoms with Crippen LogP contribution in [-0.4, -0.2) is 30.8 Å². The van der Waals surface area contributed by atoms with Gasteiger partial charge in [0.1, 0.15) is 5.75 Å². The van der Waals surface area contributed by atoms with Crippen molar-refractivity contribution in [1.29, 1.82) is 0 Å². The van der Waals surface area contributed by atoms with Crippen LogP contribution in [0.2, 0.25) is 0 Å². The van der Waals surface area contributed by atoms with E-state index in [2.05, 4.69) is 4.74 Å². The van der Waals surface area contributed by atoms with Crippen molar-refractivity contribution in [2.45, 2.75) is 12.8 Å². The summed E-state index contributed by atoms with van der Waals surface area (Å²) in [5.41, 5.74) is 0.215. The van der Waals surface area contributed by atoms with Gasteiger partial charge in [0.15, 0.2) is 0 Å². The number of methoxy groups -OCH3 is 1. The first-order valence-electron chi connectivity index (χ1n) is 5.16. The second kappa shape index (κ2) is 6.52. The van der Waals surface area contributed by atoms with Gasteiger partial charge in [-0.1, -0.05) is 0 Å². The third-order valence-corrected chi connectivity index (χ3v) is 2.12. The Labute approximate surface area is 99.0 Å². The minimum atomic E-state index is -0.970. The summed E-state index contributed by atoms with van der Waals surface area (Å²) in [5, 5.41) is 8.69. The first-order valence-corrected chi connectivity index (χ1v) is 5.16. The number of esters is 1. The van der Waals surface area contributed by atoms with Gasteiger partial charge in [-0.15, -0.1) is 0 Å². The smallest absolute Gasteiger partial charge is 0.335 e. The van der Waals surface area contributed by atoms with Crippen LogP contribution in [0.5, 0.6) is 5.75 Å². The van der Waals surface area contributed by atoms with E-state index in [0.29, 0.717) is 25.2 Å². The van der Waals surface area contributed by atoms with Crippen molar-refractivity contribution >= 4 is 11.9 Å². The topological polar surface area (TPSA) is 72.8 Å². The summed E-state index contributed by atoms with van der Waals surface area (Å²) in [6, 6.07) is 6.11. The van der Waals surface area contributed by atoms with E-state index in [9.17, 15) is 9.59 Å². The molecule has 0 amide bonds. The maximum atomic E-state index is 10.8. The number of carboxylic acids is 1. The number of aromatic carboxylic acids is 1. The molecule has 0 saturated heterocycles. The van der Waals surface area contributed by atoms with Crippen molar-refractivity contribution in [3.63, 3.8) is 0 Å². The summed E-state index contributed by atoms with van der Waals surface area (Å²) in [6.45, 7) is 0.390. The van der Waals surface area contributed by atoms with Gasteiger partial charge in [-0.25, -0.2) is 4.79 Å². The van der Waals surface area contributed by atoms with E-state index in [1.807, 2.05) is 0 Å². The lowest BCUT2D eigenvalue weighted by atomic mass is 10.2. The van der Waals surface area contributed by atoms with Gasteiger partial charge in [0.25, 0.3) is 0 Å². The van der Waals surface area contributed by atoms with E-state index in [1.54, 1.807) is 12.1 Å². The molecule has 0 aliphatic rings. The second-order valence-electron chi connectivity index (χ2n) is 3.36. The Hall–Kier alpha value is -2.04. The van der Waals surface area contributed by atoms with Gasteiger partial charge in [-0.3, -0.25) is 4.79 Å². The highest BCUT2D eigenvalue weighted by atomic mass is 16.5. The molecular formula is C12H14O5. The van der Waals surface area contributed by atoms with E-state index in [4.69, 9.17) is 9.84 Å². The Kier molecular flexibility index (Phi) is 5.00. The van der Waals surface area contributed by atoms with Gasteiger partial charge >= 0.3 is 11.9 Å². The summed E-state index contributed by atoms with van der Waals surface area (Å²) < 4.78 is 9.82. The number of ether oxygens (including phenoxy) is 2. The van der Waals surface area contributed by atoms with E-state index in [-0.39, 0.29) is 11.5 Å². The average molecular weight is 238 g/mol. The molecule has 92 valence electrons. The van der Waals surface area contributed by atoms with Gasteiger partial charge in [0, 0.05) is 6.42 Å². The van der Waals surface area contributed by atoms with Crippen LogP contribution in [0.3, 0.4) is 0 Å². The van der Waals surface area contributed by atoms with Gasteiger partial charge in [0.2, 0.25) is 0 Å². The van der Waals surface area contributed by atoms with Crippen molar-refractivity contribution in [3.8, 4) is 5.75 Å². The number of hydrogen-bond donors (Lipinski definition) is 1. The summed E-state index contributed by atoms with van der Waals surface area (Å²) in [4.78, 5) is 21.4. The molecule has 17 heavy (non-hydrogen) atoms. The molecule has 0 bridgehead atoms. The maximum absolute atomic E-state index is 10.8. The molecule has 5 heteroatoms. The number of carbonyl (C=O) groups excluding carboxylic acids is 1. The molecule has 0 aliphatic heterocycles. The van der Waals surface area contributed by atoms with Crippen molar-refractivity contribution in [3.05, 3.63) is 29.8 Å². The quantitative estimate of drug-likeness (QED) is 0.603. The fraction of sp³-hybridized carbons (Fsp3) is 0.333. The zero-order valence-electron chi connectivity index (χ0n) is 9.51. The number of rotatable bonds is 6. The van der Waals surface area contributed by atoms with Crippen LogP contribution in [0.15, 0.2) is 24.3 Å². The van der Waals surface area contributed by atoms with Crippen LogP contribution >= 0.6 is 0 Å². The first-order chi connectivity index (χ1) is 8.13. The molecule has 0 aromatic heterocycles. The summed E-state index contributed by atoms with van der Waals surface area (Å²) in [7, 11) is 1.34. The van der Waals surface area contributed by atoms with Crippen LogP contribution in [0.25, 0.3) is 0 Å². The predicted octanol–water partition coefficient (Wildman–Crippen LogP) is 1.72. The van der Waals surface area contributed by atoms with Crippen molar-refractivity contribution in [2.24, 2.45) is 0 Å². The van der Waals surface area contributed by atoms with E-state index in [1.165, 1.54) is 19.2 Å². The lowest BCUT2D eigenvalue weighted by Gasteiger charge is -2.05. The summed E-state index contributed by atoms with van der Waals surface area (Å²) in [6.07, 6.45) is 0.872. The highest BCUT2D eigenvalue weighted by Crippen LogP contribution is 2.12. The molecule has 0 radical (unpaired) electrons. The number of benzene rings is 1. The Morgan fingerprint density at radius 2 is 1.88 bits per heavy atom. The molecule has 0 spiro atoms. The average Bonchev–Trinajstić information content (AvgIpc) is 2.34. The van der Waals surface area contributed by atoms with E-state index < -0.39 is 5.97 Å². The first kappa shape index (κ1) is 13.0. The Bertz CT molecular complexity index is 382. The monoisotopic (exact) mass is 238 g/mol. The minimum Gasteiger partial charge on any atom is -0.494 e. The van der Waals surface area contributed by atoms with E-state index in [0.717, 1.165) is 0 Å². The van der Waals surface area contributed by atoms with Crippen molar-refractivity contribution in [2.75, 3.05) is 13.7 Å². The van der Waals surface area contributed by atoms with Crippen molar-refractivity contribution in [1.82, 2.24) is 0 Å². The summed E-state index contributed by atoms with van der Waals surface area (Å²) >= 11 is 0. The molecule has 0 aliphatic carbocycles. The third-order valence-electron chi connectivity index (χ3n) is 2.12. The number of carbonyl (C=O) groups is 2. The molecule has 0 fully saturated rings. The number of hydrogen-bond acceptors (Lipinski definition) is 4. The predicted molar refractivity (Wildman–Crippen MR) is 60.1 cm³/mol. The molecule has 1 aromatic rings. The molecule has 0 saturated carbocycles. The third kappa shape index (κ3) is 4.55. The second-order valence-corrected chi connectivity index (χ2v) is 3.36. The zero-order chi connectivity index (χ0) is 12.7. The number of carboxylic acid groups (broad SMARTS) is 1. The van der Waals surface area contributed by atoms with Gasteiger partial charge < -0.3 is 14.6 Å². The highest BCUT2D eigenvalue weighted by Gasteiger charge is 2.03. The molecule has 1 N–H and O–H groups in total. The molecule has 1 rings (SSSR count). The van der Waals surface area contributed by atoms with Crippen molar-refractivity contribution < 1.29 is 24.2 Å². The van der Waals surface area contributed by atoms with Gasteiger partial charge in [-0.2, -0.15) is 0 Å². The normalized spacial score (nSPS) is 9.71. The Balaban J connectivity index is 2.32. The van der Waals surface area contributed by atoms with Crippen LogP contribution in [0.1, 0.15) is 23.2 Å². The lowest BCUT2D eigenvalue weighted by molar-refractivity contribution is -0.140. The molecule has 0 unspecified atom stereocenters. The largest absolute Gasteiger partial charge is 0.494 e. The molecule has 0 heterocycles. The molecule has 1 aromatic carbocycles. The minimum absolute atomic E-state index is 0.215. The standard InChI is InChI=1S/C12H14O5/c1-16-11(13)3-2-8-17-10-6-4-9(5-7-10)12(14)15/h4-7H,2-3,8H2,1H3,(H,14,15). The zero-order valence-corrected chi connectivity index (χ0v) is 9.51.